The number of halogens is 1. The molecule has 0 spiro atoms. The molecule has 1 aromatic rings. The van der Waals surface area contributed by atoms with Gasteiger partial charge in [0.1, 0.15) is 11.6 Å². The summed E-state index contributed by atoms with van der Waals surface area (Å²) in [5.74, 6) is -0.546. The molecule has 0 saturated carbocycles. The summed E-state index contributed by atoms with van der Waals surface area (Å²) >= 11 is 0. The molecule has 1 rings (SSSR count). The molecule has 0 radical (unpaired) electrons. The van der Waals surface area contributed by atoms with Crippen LogP contribution in [0.5, 0.6) is 5.75 Å². The number of amides is 2. The number of esters is 1. The lowest BCUT2D eigenvalue weighted by atomic mass is 10.1. The summed E-state index contributed by atoms with van der Waals surface area (Å²) in [5.41, 5.74) is 0. The van der Waals surface area contributed by atoms with Gasteiger partial charge in [-0.3, -0.25) is 14.4 Å². The summed E-state index contributed by atoms with van der Waals surface area (Å²) in [4.78, 5) is 34.4. The van der Waals surface area contributed by atoms with E-state index in [1.54, 1.807) is 7.05 Å². The number of ether oxygens (including phenoxy) is 1. The number of nitrogens with one attached hydrogen (secondary N) is 2. The van der Waals surface area contributed by atoms with E-state index in [0.717, 1.165) is 32.1 Å². The normalized spacial score (nSPS) is 10.3. The van der Waals surface area contributed by atoms with E-state index in [0.29, 0.717) is 25.1 Å². The molecule has 7 heteroatoms. The fourth-order valence-electron chi connectivity index (χ4n) is 2.46. The van der Waals surface area contributed by atoms with Crippen LogP contribution in [0.3, 0.4) is 0 Å². The lowest BCUT2D eigenvalue weighted by molar-refractivity contribution is -0.134. The molecule has 0 aromatic heterocycles. The van der Waals surface area contributed by atoms with Crippen LogP contribution < -0.4 is 15.4 Å². The fourth-order valence-corrected chi connectivity index (χ4v) is 2.46. The highest BCUT2D eigenvalue weighted by Gasteiger charge is 2.07. The monoisotopic (exact) mass is 380 g/mol. The van der Waals surface area contributed by atoms with Gasteiger partial charge in [0.2, 0.25) is 11.8 Å². The number of carbonyl (C=O) groups is 3. The minimum atomic E-state index is -0.439. The third kappa shape index (κ3) is 11.7. The van der Waals surface area contributed by atoms with E-state index < -0.39 is 11.8 Å². The number of rotatable bonds is 13. The van der Waals surface area contributed by atoms with Gasteiger partial charge in [0, 0.05) is 32.9 Å². The average molecular weight is 380 g/mol. The highest BCUT2D eigenvalue weighted by molar-refractivity contribution is 5.77. The van der Waals surface area contributed by atoms with Crippen LogP contribution in [-0.4, -0.2) is 31.4 Å². The van der Waals surface area contributed by atoms with Crippen molar-refractivity contribution in [3.8, 4) is 5.75 Å². The van der Waals surface area contributed by atoms with Crippen LogP contribution in [0, 0.1) is 5.82 Å². The SMILES string of the molecule is CNC(=O)CCCCCCCNC(=O)CCCC(=O)Oc1ccc(F)cc1. The fraction of sp³-hybridized carbons (Fsp3) is 0.550. The van der Waals surface area contributed by atoms with Gasteiger partial charge in [-0.15, -0.1) is 0 Å². The van der Waals surface area contributed by atoms with Crippen LogP contribution in [0.4, 0.5) is 4.39 Å². The highest BCUT2D eigenvalue weighted by atomic mass is 19.1. The predicted molar refractivity (Wildman–Crippen MR) is 101 cm³/mol. The van der Waals surface area contributed by atoms with Gasteiger partial charge >= 0.3 is 5.97 Å². The van der Waals surface area contributed by atoms with Crippen molar-refractivity contribution in [1.29, 1.82) is 0 Å². The molecule has 0 fully saturated rings. The molecule has 27 heavy (non-hydrogen) atoms. The first kappa shape index (κ1) is 22.6. The smallest absolute Gasteiger partial charge is 0.311 e. The third-order valence-corrected chi connectivity index (χ3v) is 4.01. The molecule has 0 aliphatic rings. The zero-order valence-electron chi connectivity index (χ0n) is 15.9. The molecule has 2 amide bonds. The second-order valence-corrected chi connectivity index (χ2v) is 6.32. The first-order chi connectivity index (χ1) is 13.0. The maximum absolute atomic E-state index is 12.8. The van der Waals surface area contributed by atoms with E-state index in [4.69, 9.17) is 4.74 Å². The Balaban J connectivity index is 1.97. The molecule has 0 aliphatic heterocycles. The summed E-state index contributed by atoms with van der Waals surface area (Å²) in [7, 11) is 1.64. The van der Waals surface area contributed by atoms with E-state index in [1.165, 1.54) is 24.3 Å². The Kier molecular flexibility index (Phi) is 11.5. The van der Waals surface area contributed by atoms with Crippen molar-refractivity contribution in [1.82, 2.24) is 10.6 Å². The Labute approximate surface area is 159 Å². The molecule has 2 N–H and O–H groups in total. The predicted octanol–water partition coefficient (Wildman–Crippen LogP) is 3.10. The van der Waals surface area contributed by atoms with Crippen LogP contribution in [0.1, 0.15) is 57.8 Å². The number of benzene rings is 1. The summed E-state index contributed by atoms with van der Waals surface area (Å²) in [6.45, 7) is 0.619. The van der Waals surface area contributed by atoms with Gasteiger partial charge in [-0.1, -0.05) is 19.3 Å². The number of unbranched alkanes of at least 4 members (excludes halogenated alkanes) is 4. The van der Waals surface area contributed by atoms with Crippen molar-refractivity contribution in [3.63, 3.8) is 0 Å². The van der Waals surface area contributed by atoms with Crippen molar-refractivity contribution < 1.29 is 23.5 Å². The largest absolute Gasteiger partial charge is 0.427 e. The maximum Gasteiger partial charge on any atom is 0.311 e. The minimum Gasteiger partial charge on any atom is -0.427 e. The zero-order chi connectivity index (χ0) is 19.9. The lowest BCUT2D eigenvalue weighted by Gasteiger charge is -2.06. The molecular formula is C20H29FN2O4. The molecule has 150 valence electrons. The van der Waals surface area contributed by atoms with Crippen LogP contribution in [0.15, 0.2) is 24.3 Å². The highest BCUT2D eigenvalue weighted by Crippen LogP contribution is 2.12. The summed E-state index contributed by atoms with van der Waals surface area (Å²) in [5, 5.41) is 5.43. The van der Waals surface area contributed by atoms with Gasteiger partial charge in [-0.25, -0.2) is 4.39 Å². The summed E-state index contributed by atoms with van der Waals surface area (Å²) < 4.78 is 17.8. The van der Waals surface area contributed by atoms with E-state index in [9.17, 15) is 18.8 Å². The molecule has 0 unspecified atom stereocenters. The second-order valence-electron chi connectivity index (χ2n) is 6.32. The molecule has 0 bridgehead atoms. The molecular weight excluding hydrogens is 351 g/mol. The van der Waals surface area contributed by atoms with Crippen LogP contribution >= 0.6 is 0 Å². The number of hydrogen-bond donors (Lipinski definition) is 2. The molecule has 0 heterocycles. The summed E-state index contributed by atoms with van der Waals surface area (Å²) in [6.07, 6.45) is 6.24. The van der Waals surface area contributed by atoms with Gasteiger partial charge < -0.3 is 15.4 Å². The first-order valence-electron chi connectivity index (χ1n) is 9.45. The van der Waals surface area contributed by atoms with Gasteiger partial charge in [-0.2, -0.15) is 0 Å². The minimum absolute atomic E-state index is 0.0730. The Bertz CT molecular complexity index is 590. The van der Waals surface area contributed by atoms with Crippen molar-refractivity contribution in [2.75, 3.05) is 13.6 Å². The molecule has 1 aromatic carbocycles. The number of carbonyl (C=O) groups excluding carboxylic acids is 3. The summed E-state index contributed by atoms with van der Waals surface area (Å²) in [6, 6.07) is 5.22. The van der Waals surface area contributed by atoms with Crippen LogP contribution in [0.2, 0.25) is 0 Å². The Morgan fingerprint density at radius 2 is 1.48 bits per heavy atom. The van der Waals surface area contributed by atoms with Gasteiger partial charge in [0.05, 0.1) is 0 Å². The molecule has 0 atom stereocenters. The zero-order valence-corrected chi connectivity index (χ0v) is 15.9. The van der Waals surface area contributed by atoms with E-state index >= 15 is 0 Å². The number of hydrogen-bond acceptors (Lipinski definition) is 4. The Morgan fingerprint density at radius 3 is 2.19 bits per heavy atom. The molecule has 0 aliphatic carbocycles. The topological polar surface area (TPSA) is 84.5 Å². The maximum atomic E-state index is 12.8. The van der Waals surface area contributed by atoms with Crippen molar-refractivity contribution >= 4 is 17.8 Å². The first-order valence-corrected chi connectivity index (χ1v) is 9.45. The van der Waals surface area contributed by atoms with E-state index in [1.807, 2.05) is 0 Å². The quantitative estimate of drug-likeness (QED) is 0.313. The Hall–Kier alpha value is -2.44. The van der Waals surface area contributed by atoms with Gasteiger partial charge in [0.15, 0.2) is 0 Å². The van der Waals surface area contributed by atoms with Crippen molar-refractivity contribution in [2.45, 2.75) is 57.8 Å². The van der Waals surface area contributed by atoms with Crippen LogP contribution in [-0.2, 0) is 14.4 Å². The lowest BCUT2D eigenvalue weighted by Crippen LogP contribution is -2.24. The van der Waals surface area contributed by atoms with E-state index in [2.05, 4.69) is 10.6 Å². The third-order valence-electron chi connectivity index (χ3n) is 4.01. The van der Waals surface area contributed by atoms with Gasteiger partial charge in [0.25, 0.3) is 0 Å². The average Bonchev–Trinajstić information content (AvgIpc) is 2.65. The van der Waals surface area contributed by atoms with E-state index in [-0.39, 0.29) is 24.7 Å². The van der Waals surface area contributed by atoms with Crippen molar-refractivity contribution in [2.24, 2.45) is 0 Å². The van der Waals surface area contributed by atoms with Gasteiger partial charge in [-0.05, 0) is 43.5 Å². The molecule has 6 nitrogen and oxygen atoms in total. The standard InChI is InChI=1S/C20H29FN2O4/c1-22-18(24)8-5-3-2-4-6-15-23-19(25)9-7-10-20(26)27-17-13-11-16(21)12-14-17/h11-14H,2-10,15H2,1H3,(H,22,24)(H,23,25). The molecule has 0 saturated heterocycles. The second kappa shape index (κ2) is 13.7. The van der Waals surface area contributed by atoms with Crippen molar-refractivity contribution in [3.05, 3.63) is 30.1 Å². The van der Waals surface area contributed by atoms with Crippen LogP contribution in [0.25, 0.3) is 0 Å². The Morgan fingerprint density at radius 1 is 0.852 bits per heavy atom.